The molecule has 0 aliphatic rings. The molecule has 0 saturated heterocycles. The van der Waals surface area contributed by atoms with Crippen LogP contribution < -0.4 is 5.56 Å². The van der Waals surface area contributed by atoms with Crippen molar-refractivity contribution in [1.29, 1.82) is 0 Å². The molecule has 0 bridgehead atoms. The summed E-state index contributed by atoms with van der Waals surface area (Å²) in [5, 5.41) is 22.1. The first kappa shape index (κ1) is 19.4. The molecular weight excluding hydrogens is 408 g/mol. The Balaban J connectivity index is 1.70. The molecule has 8 nitrogen and oxygen atoms in total. The van der Waals surface area contributed by atoms with Crippen molar-refractivity contribution >= 4 is 40.3 Å². The molecule has 0 atom stereocenters. The highest BCUT2D eigenvalue weighted by atomic mass is 35.5. The van der Waals surface area contributed by atoms with E-state index < -0.39 is 22.0 Å². The highest BCUT2D eigenvalue weighted by Gasteiger charge is 2.21. The lowest BCUT2D eigenvalue weighted by molar-refractivity contribution is -0.387. The van der Waals surface area contributed by atoms with Crippen LogP contribution in [0, 0.1) is 10.1 Å². The van der Waals surface area contributed by atoms with Crippen LogP contribution in [0.1, 0.15) is 17.0 Å². The quantitative estimate of drug-likeness (QED) is 0.369. The average Bonchev–Trinajstić information content (AvgIpc) is 3.05. The van der Waals surface area contributed by atoms with Crippen molar-refractivity contribution in [3.8, 4) is 5.88 Å². The lowest BCUT2D eigenvalue weighted by Crippen LogP contribution is -2.14. The number of aromatic hydroxyl groups is 1. The number of nitrogens with zero attached hydrogens (tertiary/aromatic N) is 3. The Bertz CT molecular complexity index is 1340. The van der Waals surface area contributed by atoms with E-state index in [0.717, 1.165) is 22.0 Å². The van der Waals surface area contributed by atoms with Crippen molar-refractivity contribution < 1.29 is 10.0 Å². The van der Waals surface area contributed by atoms with E-state index in [1.807, 2.05) is 54.7 Å². The number of hydrogen-bond acceptors (Lipinski definition) is 5. The summed E-state index contributed by atoms with van der Waals surface area (Å²) in [7, 11) is 0. The standard InChI is InChI=1S/C21H15ClN4O4/c22-15-8-5-13(6-9-15)11-25-12-14(16-3-1-2-4-17(16)25)7-10-18-23-20(27)19(26(29)30)21(28)24-18/h1-10,12H,11H2,(H2,23,24,27,28)/b10-7+. The first-order chi connectivity index (χ1) is 14.4. The van der Waals surface area contributed by atoms with Gasteiger partial charge in [-0.15, -0.1) is 0 Å². The maximum Gasteiger partial charge on any atom is 0.395 e. The van der Waals surface area contributed by atoms with Gasteiger partial charge in [-0.1, -0.05) is 41.9 Å². The molecule has 0 amide bonds. The fraction of sp³-hybridized carbons (Fsp3) is 0.0476. The first-order valence-electron chi connectivity index (χ1n) is 8.90. The molecule has 150 valence electrons. The number of fused-ring (bicyclic) bond motifs is 1. The van der Waals surface area contributed by atoms with Gasteiger partial charge in [-0.3, -0.25) is 14.9 Å². The number of aromatic nitrogens is 3. The zero-order chi connectivity index (χ0) is 21.3. The van der Waals surface area contributed by atoms with Gasteiger partial charge in [0.25, 0.3) is 5.88 Å². The van der Waals surface area contributed by atoms with Crippen LogP contribution in [0.15, 0.2) is 59.5 Å². The largest absolute Gasteiger partial charge is 0.488 e. The normalized spacial score (nSPS) is 11.4. The molecule has 0 radical (unpaired) electrons. The highest BCUT2D eigenvalue weighted by molar-refractivity contribution is 6.30. The van der Waals surface area contributed by atoms with Crippen molar-refractivity contribution in [2.75, 3.05) is 0 Å². The third-order valence-electron chi connectivity index (χ3n) is 4.58. The Hall–Kier alpha value is -3.91. The van der Waals surface area contributed by atoms with Gasteiger partial charge in [-0.05, 0) is 35.9 Å². The lowest BCUT2D eigenvalue weighted by atomic mass is 10.1. The van der Waals surface area contributed by atoms with Crippen LogP contribution in [0.4, 0.5) is 5.69 Å². The number of nitrogens with one attached hydrogen (secondary N) is 1. The summed E-state index contributed by atoms with van der Waals surface area (Å²) in [6.07, 6.45) is 5.17. The minimum Gasteiger partial charge on any atom is -0.488 e. The van der Waals surface area contributed by atoms with E-state index in [-0.39, 0.29) is 5.82 Å². The minimum atomic E-state index is -1.02. The van der Waals surface area contributed by atoms with E-state index in [0.29, 0.717) is 11.6 Å². The zero-order valence-corrected chi connectivity index (χ0v) is 16.2. The molecule has 0 spiro atoms. The Morgan fingerprint density at radius 2 is 1.90 bits per heavy atom. The Labute approximate surface area is 174 Å². The number of para-hydroxylation sites is 1. The van der Waals surface area contributed by atoms with E-state index in [1.54, 1.807) is 6.08 Å². The number of rotatable bonds is 5. The summed E-state index contributed by atoms with van der Waals surface area (Å²) in [4.78, 5) is 27.6. The fourth-order valence-corrected chi connectivity index (χ4v) is 3.34. The second-order valence-corrected chi connectivity index (χ2v) is 7.01. The maximum atomic E-state index is 11.8. The van der Waals surface area contributed by atoms with Crippen LogP contribution in [0.3, 0.4) is 0 Å². The van der Waals surface area contributed by atoms with E-state index in [2.05, 4.69) is 14.5 Å². The first-order valence-corrected chi connectivity index (χ1v) is 9.28. The van der Waals surface area contributed by atoms with Gasteiger partial charge in [0.2, 0.25) is 0 Å². The summed E-state index contributed by atoms with van der Waals surface area (Å²) in [6, 6.07) is 15.4. The van der Waals surface area contributed by atoms with Gasteiger partial charge in [-0.25, -0.2) is 0 Å². The third-order valence-corrected chi connectivity index (χ3v) is 4.84. The third kappa shape index (κ3) is 3.81. The predicted octanol–water partition coefficient (Wildman–Crippen LogP) is 4.21. The molecule has 2 N–H and O–H groups in total. The number of nitro groups is 1. The minimum absolute atomic E-state index is 0.0117. The smallest absolute Gasteiger partial charge is 0.395 e. The maximum absolute atomic E-state index is 11.8. The molecular formula is C21H15ClN4O4. The van der Waals surface area contributed by atoms with Gasteiger partial charge in [0.15, 0.2) is 0 Å². The summed E-state index contributed by atoms with van der Waals surface area (Å²) >= 11 is 5.96. The van der Waals surface area contributed by atoms with Crippen molar-refractivity contribution in [3.05, 3.63) is 97.2 Å². The van der Waals surface area contributed by atoms with Crippen molar-refractivity contribution in [3.63, 3.8) is 0 Å². The Kier molecular flexibility index (Phi) is 5.07. The summed E-state index contributed by atoms with van der Waals surface area (Å²) < 4.78 is 2.09. The second kappa shape index (κ2) is 7.84. The topological polar surface area (TPSA) is 114 Å². The van der Waals surface area contributed by atoms with Crippen LogP contribution in [-0.4, -0.2) is 24.6 Å². The lowest BCUT2D eigenvalue weighted by Gasteiger charge is -2.05. The second-order valence-electron chi connectivity index (χ2n) is 6.57. The summed E-state index contributed by atoms with van der Waals surface area (Å²) in [5.74, 6) is -0.911. The van der Waals surface area contributed by atoms with E-state index in [4.69, 9.17) is 11.6 Å². The van der Waals surface area contributed by atoms with Crippen LogP contribution in [0.25, 0.3) is 23.1 Å². The number of halogens is 1. The molecule has 0 saturated carbocycles. The van der Waals surface area contributed by atoms with Crippen LogP contribution in [-0.2, 0) is 6.54 Å². The molecule has 9 heteroatoms. The van der Waals surface area contributed by atoms with Gasteiger partial charge in [0.05, 0.1) is 4.92 Å². The molecule has 0 fully saturated rings. The van der Waals surface area contributed by atoms with E-state index >= 15 is 0 Å². The van der Waals surface area contributed by atoms with Gasteiger partial charge >= 0.3 is 11.2 Å². The molecule has 2 aromatic heterocycles. The average molecular weight is 423 g/mol. The van der Waals surface area contributed by atoms with Gasteiger partial charge in [0.1, 0.15) is 5.82 Å². The SMILES string of the molecule is O=c1[nH]c(/C=C/c2cn(Cc3ccc(Cl)cc3)c3ccccc23)nc(O)c1[N+](=O)[O-]. The zero-order valence-electron chi connectivity index (χ0n) is 15.4. The molecule has 0 aliphatic carbocycles. The number of aromatic amines is 1. The van der Waals surface area contributed by atoms with Crippen LogP contribution in [0.2, 0.25) is 5.02 Å². The van der Waals surface area contributed by atoms with Crippen molar-refractivity contribution in [2.24, 2.45) is 0 Å². The van der Waals surface area contributed by atoms with Crippen molar-refractivity contribution in [1.82, 2.24) is 14.5 Å². The molecule has 0 aliphatic heterocycles. The Morgan fingerprint density at radius 1 is 1.17 bits per heavy atom. The molecule has 4 rings (SSSR count). The molecule has 30 heavy (non-hydrogen) atoms. The monoisotopic (exact) mass is 422 g/mol. The van der Waals surface area contributed by atoms with Crippen LogP contribution in [0.5, 0.6) is 5.88 Å². The Morgan fingerprint density at radius 3 is 2.60 bits per heavy atom. The van der Waals surface area contributed by atoms with Gasteiger partial charge in [-0.2, -0.15) is 4.98 Å². The van der Waals surface area contributed by atoms with Gasteiger partial charge < -0.3 is 14.7 Å². The molecule has 4 aromatic rings. The molecule has 0 unspecified atom stereocenters. The number of hydrogen-bond donors (Lipinski definition) is 2. The summed E-state index contributed by atoms with van der Waals surface area (Å²) in [6.45, 7) is 0.638. The van der Waals surface area contributed by atoms with Crippen LogP contribution >= 0.6 is 11.6 Å². The summed E-state index contributed by atoms with van der Waals surface area (Å²) in [5.41, 5.74) is 0.964. The molecule has 2 aromatic carbocycles. The van der Waals surface area contributed by atoms with E-state index in [1.165, 1.54) is 6.08 Å². The fourth-order valence-electron chi connectivity index (χ4n) is 3.21. The highest BCUT2D eigenvalue weighted by Crippen LogP contribution is 2.25. The number of benzene rings is 2. The molecule has 2 heterocycles. The van der Waals surface area contributed by atoms with E-state index in [9.17, 15) is 20.0 Å². The number of H-pyrrole nitrogens is 1. The van der Waals surface area contributed by atoms with Gasteiger partial charge in [0, 0.05) is 34.2 Å². The predicted molar refractivity (Wildman–Crippen MR) is 115 cm³/mol. The van der Waals surface area contributed by atoms with Crippen molar-refractivity contribution in [2.45, 2.75) is 6.54 Å².